The molecule has 0 bridgehead atoms. The van der Waals surface area contributed by atoms with Crippen molar-refractivity contribution in [2.75, 3.05) is 11.4 Å². The van der Waals surface area contributed by atoms with E-state index < -0.39 is 0 Å². The first-order chi connectivity index (χ1) is 9.56. The average Bonchev–Trinajstić information content (AvgIpc) is 2.41. The smallest absolute Gasteiger partial charge is 0.156 e. The predicted molar refractivity (Wildman–Crippen MR) is 76.2 cm³/mol. The second-order valence-corrected chi connectivity index (χ2v) is 4.50. The fraction of sp³-hybridized carbons (Fsp3) is 0.214. The molecule has 2 rings (SSSR count). The predicted octanol–water partition coefficient (Wildman–Crippen LogP) is 3.55. The first-order valence-corrected chi connectivity index (χ1v) is 6.47. The molecule has 1 aromatic carbocycles. The van der Waals surface area contributed by atoms with E-state index in [1.807, 2.05) is 6.92 Å². The lowest BCUT2D eigenvalue weighted by molar-refractivity contribution is 0.112. The number of rotatable bonds is 4. The third-order valence-electron chi connectivity index (χ3n) is 2.82. The number of aldehydes is 1. The molecule has 0 fully saturated rings. The Balaban J connectivity index is 2.57. The van der Waals surface area contributed by atoms with Gasteiger partial charge in [-0.1, -0.05) is 11.6 Å². The summed E-state index contributed by atoms with van der Waals surface area (Å²) in [4.78, 5) is 21.2. The number of nitrogens with zero attached hydrogens (tertiary/aromatic N) is 3. The molecule has 0 saturated carbocycles. The summed E-state index contributed by atoms with van der Waals surface area (Å²) in [7, 11) is 0. The third-order valence-corrected chi connectivity index (χ3v) is 3.11. The maximum absolute atomic E-state index is 13.0. The molecule has 6 heteroatoms. The maximum atomic E-state index is 13.0. The van der Waals surface area contributed by atoms with Gasteiger partial charge in [0.15, 0.2) is 6.29 Å². The summed E-state index contributed by atoms with van der Waals surface area (Å²) in [6.45, 7) is 4.16. The minimum absolute atomic E-state index is 0.114. The standard InChI is InChI=1S/C14H13ClFN3O/c1-3-19(11-6-4-10(16)5-7-11)14-12(8-20)13(15)17-9(2)18-14/h4-8H,3H2,1-2H3. The zero-order chi connectivity index (χ0) is 14.7. The minimum atomic E-state index is -0.322. The molecule has 1 heterocycles. The van der Waals surface area contributed by atoms with Crippen molar-refractivity contribution in [3.05, 3.63) is 46.6 Å². The Bertz CT molecular complexity index is 631. The monoisotopic (exact) mass is 293 g/mol. The molecule has 1 aromatic heterocycles. The Hall–Kier alpha value is -2.01. The highest BCUT2D eigenvalue weighted by atomic mass is 35.5. The summed E-state index contributed by atoms with van der Waals surface area (Å²) in [5, 5.41) is 0.114. The largest absolute Gasteiger partial charge is 0.326 e. The molecule has 0 amide bonds. The second-order valence-electron chi connectivity index (χ2n) is 4.14. The van der Waals surface area contributed by atoms with Gasteiger partial charge in [0.2, 0.25) is 0 Å². The van der Waals surface area contributed by atoms with Crippen molar-refractivity contribution < 1.29 is 9.18 Å². The maximum Gasteiger partial charge on any atom is 0.156 e. The van der Waals surface area contributed by atoms with Crippen LogP contribution >= 0.6 is 11.6 Å². The van der Waals surface area contributed by atoms with Crippen LogP contribution in [-0.4, -0.2) is 22.8 Å². The van der Waals surface area contributed by atoms with Gasteiger partial charge in [0.1, 0.15) is 22.6 Å². The lowest BCUT2D eigenvalue weighted by atomic mass is 10.2. The van der Waals surface area contributed by atoms with E-state index in [0.29, 0.717) is 24.5 Å². The van der Waals surface area contributed by atoms with E-state index in [9.17, 15) is 9.18 Å². The normalized spacial score (nSPS) is 10.4. The fourth-order valence-electron chi connectivity index (χ4n) is 1.92. The molecule has 0 aliphatic heterocycles. The molecule has 0 aliphatic carbocycles. The van der Waals surface area contributed by atoms with Crippen molar-refractivity contribution >= 4 is 29.4 Å². The van der Waals surface area contributed by atoms with Crippen molar-refractivity contribution in [2.24, 2.45) is 0 Å². The lowest BCUT2D eigenvalue weighted by Crippen LogP contribution is -2.20. The number of carbonyl (C=O) groups is 1. The van der Waals surface area contributed by atoms with Gasteiger partial charge in [-0.3, -0.25) is 4.79 Å². The Morgan fingerprint density at radius 1 is 1.30 bits per heavy atom. The highest BCUT2D eigenvalue weighted by Crippen LogP contribution is 2.29. The van der Waals surface area contributed by atoms with Crippen LogP contribution in [0.3, 0.4) is 0 Å². The number of aromatic nitrogens is 2. The van der Waals surface area contributed by atoms with Crippen LogP contribution in [0.15, 0.2) is 24.3 Å². The van der Waals surface area contributed by atoms with Gasteiger partial charge < -0.3 is 4.90 Å². The second kappa shape index (κ2) is 5.96. The van der Waals surface area contributed by atoms with Crippen molar-refractivity contribution in [1.29, 1.82) is 0 Å². The summed E-state index contributed by atoms with van der Waals surface area (Å²) < 4.78 is 13.0. The molecule has 0 atom stereocenters. The van der Waals surface area contributed by atoms with Crippen LogP contribution in [0.4, 0.5) is 15.9 Å². The highest BCUT2D eigenvalue weighted by Gasteiger charge is 2.17. The van der Waals surface area contributed by atoms with Gasteiger partial charge in [0.05, 0.1) is 5.56 Å². The summed E-state index contributed by atoms with van der Waals surface area (Å²) in [5.74, 6) is 0.570. The van der Waals surface area contributed by atoms with Gasteiger partial charge in [-0.25, -0.2) is 14.4 Å². The minimum Gasteiger partial charge on any atom is -0.326 e. The number of anilines is 2. The van der Waals surface area contributed by atoms with Crippen LogP contribution < -0.4 is 4.90 Å². The quantitative estimate of drug-likeness (QED) is 0.639. The molecule has 0 unspecified atom stereocenters. The van der Waals surface area contributed by atoms with Crippen molar-refractivity contribution in [1.82, 2.24) is 9.97 Å². The molecule has 4 nitrogen and oxygen atoms in total. The summed E-state index contributed by atoms with van der Waals surface area (Å²) in [6.07, 6.45) is 0.628. The van der Waals surface area contributed by atoms with Gasteiger partial charge in [-0.05, 0) is 38.1 Å². The van der Waals surface area contributed by atoms with Crippen LogP contribution in [0.1, 0.15) is 23.1 Å². The molecule has 0 N–H and O–H groups in total. The molecule has 0 radical (unpaired) electrons. The number of hydrogen-bond acceptors (Lipinski definition) is 4. The van der Waals surface area contributed by atoms with Crippen LogP contribution in [0.2, 0.25) is 5.15 Å². The third kappa shape index (κ3) is 2.77. The van der Waals surface area contributed by atoms with E-state index in [1.165, 1.54) is 12.1 Å². The first-order valence-electron chi connectivity index (χ1n) is 6.09. The molecule has 0 spiro atoms. The molecule has 2 aromatic rings. The van der Waals surface area contributed by atoms with Gasteiger partial charge in [0.25, 0.3) is 0 Å². The van der Waals surface area contributed by atoms with Gasteiger partial charge in [0, 0.05) is 12.2 Å². The number of hydrogen-bond donors (Lipinski definition) is 0. The van der Waals surface area contributed by atoms with Crippen molar-refractivity contribution in [3.63, 3.8) is 0 Å². The zero-order valence-corrected chi connectivity index (χ0v) is 11.9. The Kier molecular flexibility index (Phi) is 4.29. The molecule has 0 saturated heterocycles. The van der Waals surface area contributed by atoms with E-state index in [1.54, 1.807) is 24.0 Å². The number of benzene rings is 1. The highest BCUT2D eigenvalue weighted by molar-refractivity contribution is 6.32. The number of aryl methyl sites for hydroxylation is 1. The lowest BCUT2D eigenvalue weighted by Gasteiger charge is -2.23. The fourth-order valence-corrected chi connectivity index (χ4v) is 2.17. The van der Waals surface area contributed by atoms with Gasteiger partial charge in [-0.2, -0.15) is 0 Å². The molecular formula is C14H13ClFN3O. The summed E-state index contributed by atoms with van der Waals surface area (Å²) >= 11 is 5.98. The summed E-state index contributed by atoms with van der Waals surface area (Å²) in [6, 6.07) is 5.96. The molecule has 20 heavy (non-hydrogen) atoms. The van der Waals surface area contributed by atoms with Crippen LogP contribution in [0, 0.1) is 12.7 Å². The van der Waals surface area contributed by atoms with E-state index in [0.717, 1.165) is 5.69 Å². The van der Waals surface area contributed by atoms with Crippen LogP contribution in [0.5, 0.6) is 0 Å². The average molecular weight is 294 g/mol. The Morgan fingerprint density at radius 2 is 1.95 bits per heavy atom. The van der Waals surface area contributed by atoms with E-state index in [4.69, 9.17) is 11.6 Å². The molecule has 0 aliphatic rings. The topological polar surface area (TPSA) is 46.1 Å². The zero-order valence-electron chi connectivity index (χ0n) is 11.1. The van der Waals surface area contributed by atoms with E-state index >= 15 is 0 Å². The summed E-state index contributed by atoms with van der Waals surface area (Å²) in [5.41, 5.74) is 0.953. The number of halogens is 2. The van der Waals surface area contributed by atoms with Gasteiger partial charge >= 0.3 is 0 Å². The molecule has 104 valence electrons. The SMILES string of the molecule is CCN(c1ccc(F)cc1)c1nc(C)nc(Cl)c1C=O. The van der Waals surface area contributed by atoms with E-state index in [-0.39, 0.29) is 16.5 Å². The van der Waals surface area contributed by atoms with Crippen molar-refractivity contribution in [3.8, 4) is 0 Å². The van der Waals surface area contributed by atoms with Crippen LogP contribution in [0.25, 0.3) is 0 Å². The van der Waals surface area contributed by atoms with Crippen molar-refractivity contribution in [2.45, 2.75) is 13.8 Å². The Labute approximate surface area is 121 Å². The molecular weight excluding hydrogens is 281 g/mol. The first kappa shape index (κ1) is 14.4. The number of carbonyl (C=O) groups excluding carboxylic acids is 1. The van der Waals surface area contributed by atoms with E-state index in [2.05, 4.69) is 9.97 Å². The Morgan fingerprint density at radius 3 is 2.50 bits per heavy atom. The van der Waals surface area contributed by atoms with Crippen LogP contribution in [-0.2, 0) is 0 Å². The van der Waals surface area contributed by atoms with Gasteiger partial charge in [-0.15, -0.1) is 0 Å².